The van der Waals surface area contributed by atoms with E-state index in [0.717, 1.165) is 18.8 Å². The molecule has 0 spiro atoms. The van der Waals surface area contributed by atoms with Crippen molar-refractivity contribution in [3.05, 3.63) is 59.1 Å². The average Bonchev–Trinajstić information content (AvgIpc) is 2.56. The van der Waals surface area contributed by atoms with Gasteiger partial charge in [-0.3, -0.25) is 9.69 Å². The van der Waals surface area contributed by atoms with Crippen molar-refractivity contribution in [1.29, 1.82) is 0 Å². The molecule has 128 valence electrons. The number of benzene rings is 2. The van der Waals surface area contributed by atoms with Crippen molar-refractivity contribution >= 4 is 28.9 Å². The van der Waals surface area contributed by atoms with E-state index in [1.54, 1.807) is 24.3 Å². The highest BCUT2D eigenvalue weighted by molar-refractivity contribution is 6.30. The molecule has 0 aliphatic heterocycles. The lowest BCUT2D eigenvalue weighted by Gasteiger charge is -2.20. The van der Waals surface area contributed by atoms with E-state index in [0.29, 0.717) is 11.6 Å². The third-order valence-electron chi connectivity index (χ3n) is 3.80. The van der Waals surface area contributed by atoms with Gasteiger partial charge in [0.15, 0.2) is 0 Å². The lowest BCUT2D eigenvalue weighted by atomic mass is 10.2. The summed E-state index contributed by atoms with van der Waals surface area (Å²) in [4.78, 5) is 16.4. The van der Waals surface area contributed by atoms with Crippen LogP contribution in [0.3, 0.4) is 0 Å². The molecular formula is C19H24ClN3O. The Kier molecular flexibility index (Phi) is 6.64. The van der Waals surface area contributed by atoms with Gasteiger partial charge < -0.3 is 10.2 Å². The summed E-state index contributed by atoms with van der Waals surface area (Å²) >= 11 is 5.85. The summed E-state index contributed by atoms with van der Waals surface area (Å²) < 4.78 is 0. The molecule has 4 nitrogen and oxygen atoms in total. The third-order valence-corrected chi connectivity index (χ3v) is 4.05. The van der Waals surface area contributed by atoms with Gasteiger partial charge in [-0.1, -0.05) is 30.7 Å². The summed E-state index contributed by atoms with van der Waals surface area (Å²) in [5.41, 5.74) is 3.12. The number of hydrogen-bond donors (Lipinski definition) is 1. The molecule has 0 unspecified atom stereocenters. The Bertz CT molecular complexity index is 653. The van der Waals surface area contributed by atoms with E-state index in [-0.39, 0.29) is 5.91 Å². The Hall–Kier alpha value is -2.04. The molecule has 2 aromatic rings. The number of carbonyl (C=O) groups is 1. The lowest BCUT2D eigenvalue weighted by molar-refractivity contribution is -0.117. The third kappa shape index (κ3) is 5.55. The van der Waals surface area contributed by atoms with E-state index in [9.17, 15) is 4.79 Å². The SMILES string of the molecule is CCN(CC(=O)Nc1ccc(Cl)cc1)Cc1ccc(N(C)C)cc1. The van der Waals surface area contributed by atoms with E-state index < -0.39 is 0 Å². The van der Waals surface area contributed by atoms with Crippen molar-refractivity contribution < 1.29 is 4.79 Å². The lowest BCUT2D eigenvalue weighted by Crippen LogP contribution is -2.32. The highest BCUT2D eigenvalue weighted by atomic mass is 35.5. The fraction of sp³-hybridized carbons (Fsp3) is 0.316. The Morgan fingerprint density at radius 1 is 1.04 bits per heavy atom. The van der Waals surface area contributed by atoms with Gasteiger partial charge in [-0.2, -0.15) is 0 Å². The summed E-state index contributed by atoms with van der Waals surface area (Å²) in [5.74, 6) is -0.0240. The molecule has 2 rings (SSSR count). The standard InChI is InChI=1S/C19H24ClN3O/c1-4-23(13-15-5-11-18(12-6-15)22(2)3)14-19(24)21-17-9-7-16(20)8-10-17/h5-12H,4,13-14H2,1-3H3,(H,21,24). The molecule has 2 aromatic carbocycles. The second-order valence-electron chi connectivity index (χ2n) is 5.92. The molecule has 0 aliphatic rings. The second kappa shape index (κ2) is 8.71. The fourth-order valence-corrected chi connectivity index (χ4v) is 2.50. The first-order valence-corrected chi connectivity index (χ1v) is 8.39. The van der Waals surface area contributed by atoms with E-state index in [1.807, 2.05) is 14.1 Å². The van der Waals surface area contributed by atoms with Gasteiger partial charge >= 0.3 is 0 Å². The van der Waals surface area contributed by atoms with Crippen molar-refractivity contribution in [2.45, 2.75) is 13.5 Å². The zero-order valence-electron chi connectivity index (χ0n) is 14.4. The molecule has 0 saturated carbocycles. The molecule has 0 atom stereocenters. The van der Waals surface area contributed by atoms with Crippen LogP contribution < -0.4 is 10.2 Å². The fourth-order valence-electron chi connectivity index (χ4n) is 2.37. The van der Waals surface area contributed by atoms with Crippen LogP contribution in [0.25, 0.3) is 0 Å². The molecular weight excluding hydrogens is 322 g/mol. The zero-order chi connectivity index (χ0) is 17.5. The number of nitrogens with zero attached hydrogens (tertiary/aromatic N) is 2. The van der Waals surface area contributed by atoms with Crippen molar-refractivity contribution in [1.82, 2.24) is 4.90 Å². The number of likely N-dealkylation sites (N-methyl/N-ethyl adjacent to an activating group) is 1. The highest BCUT2D eigenvalue weighted by Gasteiger charge is 2.10. The first-order valence-electron chi connectivity index (χ1n) is 8.02. The van der Waals surface area contributed by atoms with Gasteiger partial charge in [-0.05, 0) is 48.5 Å². The van der Waals surface area contributed by atoms with Gasteiger partial charge in [0.05, 0.1) is 6.54 Å². The number of nitrogens with one attached hydrogen (secondary N) is 1. The molecule has 0 radical (unpaired) electrons. The quantitative estimate of drug-likeness (QED) is 0.827. The van der Waals surface area contributed by atoms with Crippen molar-refractivity contribution in [2.75, 3.05) is 37.4 Å². The zero-order valence-corrected chi connectivity index (χ0v) is 15.2. The van der Waals surface area contributed by atoms with E-state index in [4.69, 9.17) is 11.6 Å². The van der Waals surface area contributed by atoms with Gasteiger partial charge in [0.1, 0.15) is 0 Å². The minimum absolute atomic E-state index is 0.0240. The van der Waals surface area contributed by atoms with Crippen LogP contribution >= 0.6 is 11.6 Å². The summed E-state index contributed by atoms with van der Waals surface area (Å²) in [5, 5.41) is 3.55. The van der Waals surface area contributed by atoms with Gasteiger partial charge in [0, 0.05) is 37.0 Å². The van der Waals surface area contributed by atoms with Crippen LogP contribution in [0.1, 0.15) is 12.5 Å². The van der Waals surface area contributed by atoms with Crippen LogP contribution in [0.15, 0.2) is 48.5 Å². The van der Waals surface area contributed by atoms with Crippen LogP contribution in [0.2, 0.25) is 5.02 Å². The smallest absolute Gasteiger partial charge is 0.238 e. The largest absolute Gasteiger partial charge is 0.378 e. The van der Waals surface area contributed by atoms with E-state index in [1.165, 1.54) is 11.3 Å². The van der Waals surface area contributed by atoms with Crippen molar-refractivity contribution in [3.63, 3.8) is 0 Å². The van der Waals surface area contributed by atoms with Crippen LogP contribution in [-0.2, 0) is 11.3 Å². The molecule has 0 aromatic heterocycles. The van der Waals surface area contributed by atoms with Gasteiger partial charge in [0.25, 0.3) is 0 Å². The number of anilines is 2. The Morgan fingerprint density at radius 3 is 2.21 bits per heavy atom. The molecule has 0 fully saturated rings. The Balaban J connectivity index is 1.91. The predicted molar refractivity (Wildman–Crippen MR) is 102 cm³/mol. The number of rotatable bonds is 7. The van der Waals surface area contributed by atoms with Gasteiger partial charge in [0.2, 0.25) is 5.91 Å². The summed E-state index contributed by atoms with van der Waals surface area (Å²) in [6.45, 7) is 3.97. The van der Waals surface area contributed by atoms with Crippen molar-refractivity contribution in [3.8, 4) is 0 Å². The van der Waals surface area contributed by atoms with Crippen LogP contribution in [-0.4, -0.2) is 38.0 Å². The number of hydrogen-bond acceptors (Lipinski definition) is 3. The summed E-state index contributed by atoms with van der Waals surface area (Å²) in [6.07, 6.45) is 0. The molecule has 0 heterocycles. The van der Waals surface area contributed by atoms with Crippen LogP contribution in [0.5, 0.6) is 0 Å². The minimum atomic E-state index is -0.0240. The molecule has 1 N–H and O–H groups in total. The second-order valence-corrected chi connectivity index (χ2v) is 6.36. The molecule has 0 aliphatic carbocycles. The van der Waals surface area contributed by atoms with E-state index in [2.05, 4.69) is 46.3 Å². The van der Waals surface area contributed by atoms with Gasteiger partial charge in [-0.15, -0.1) is 0 Å². The van der Waals surface area contributed by atoms with Crippen LogP contribution in [0, 0.1) is 0 Å². The summed E-state index contributed by atoms with van der Waals surface area (Å²) in [7, 11) is 4.04. The van der Waals surface area contributed by atoms with Gasteiger partial charge in [-0.25, -0.2) is 0 Å². The van der Waals surface area contributed by atoms with Crippen molar-refractivity contribution in [2.24, 2.45) is 0 Å². The molecule has 24 heavy (non-hydrogen) atoms. The normalized spacial score (nSPS) is 10.7. The predicted octanol–water partition coefficient (Wildman–Crippen LogP) is 3.87. The summed E-state index contributed by atoms with van der Waals surface area (Å²) in [6, 6.07) is 15.5. The monoisotopic (exact) mass is 345 g/mol. The first-order chi connectivity index (χ1) is 11.5. The number of carbonyl (C=O) groups excluding carboxylic acids is 1. The van der Waals surface area contributed by atoms with E-state index >= 15 is 0 Å². The Labute approximate surface area is 149 Å². The highest BCUT2D eigenvalue weighted by Crippen LogP contribution is 2.15. The first kappa shape index (κ1) is 18.3. The molecule has 1 amide bonds. The molecule has 0 bridgehead atoms. The molecule has 0 saturated heterocycles. The Morgan fingerprint density at radius 2 is 1.67 bits per heavy atom. The minimum Gasteiger partial charge on any atom is -0.378 e. The average molecular weight is 346 g/mol. The number of halogens is 1. The number of amides is 1. The van der Waals surface area contributed by atoms with Crippen LogP contribution in [0.4, 0.5) is 11.4 Å². The maximum absolute atomic E-state index is 12.2. The maximum Gasteiger partial charge on any atom is 0.238 e. The maximum atomic E-state index is 12.2. The molecule has 5 heteroatoms. The topological polar surface area (TPSA) is 35.6 Å².